The fraction of sp³-hybridized carbons (Fsp3) is 1.00. The SMILES string of the molecule is OC[C@H]1CO[C@H](CI)C1. The molecule has 1 saturated heterocycles. The lowest BCUT2D eigenvalue weighted by atomic mass is 10.1. The molecule has 0 aromatic heterocycles. The molecule has 0 unspecified atom stereocenters. The van der Waals surface area contributed by atoms with Crippen LogP contribution in [0.25, 0.3) is 0 Å². The molecule has 1 aliphatic heterocycles. The Labute approximate surface area is 68.7 Å². The minimum absolute atomic E-state index is 0.285. The molecule has 0 aromatic rings. The molecule has 2 atom stereocenters. The second kappa shape index (κ2) is 3.73. The summed E-state index contributed by atoms with van der Waals surface area (Å²) < 4.78 is 6.39. The molecule has 1 aliphatic rings. The maximum atomic E-state index is 8.70. The third kappa shape index (κ3) is 2.05. The number of halogens is 1. The van der Waals surface area contributed by atoms with E-state index in [2.05, 4.69) is 22.6 Å². The smallest absolute Gasteiger partial charge is 0.0668 e. The average molecular weight is 242 g/mol. The Hall–Kier alpha value is 0.650. The lowest BCUT2D eigenvalue weighted by Gasteiger charge is -2.01. The van der Waals surface area contributed by atoms with Gasteiger partial charge in [-0.15, -0.1) is 0 Å². The molecule has 9 heavy (non-hydrogen) atoms. The second-order valence-electron chi connectivity index (χ2n) is 2.39. The van der Waals surface area contributed by atoms with Crippen LogP contribution in [0.15, 0.2) is 0 Å². The first-order valence-corrected chi connectivity index (χ1v) is 4.67. The summed E-state index contributed by atoms with van der Waals surface area (Å²) in [6.07, 6.45) is 1.45. The van der Waals surface area contributed by atoms with Crippen molar-refractivity contribution >= 4 is 22.6 Å². The van der Waals surface area contributed by atoms with Gasteiger partial charge in [-0.3, -0.25) is 0 Å². The van der Waals surface area contributed by atoms with E-state index in [0.29, 0.717) is 12.0 Å². The van der Waals surface area contributed by atoms with Crippen molar-refractivity contribution in [1.82, 2.24) is 0 Å². The van der Waals surface area contributed by atoms with Gasteiger partial charge in [-0.25, -0.2) is 0 Å². The summed E-state index contributed by atoms with van der Waals surface area (Å²) >= 11 is 2.31. The molecule has 1 rings (SSSR count). The minimum atomic E-state index is 0.285. The Balaban J connectivity index is 2.20. The van der Waals surface area contributed by atoms with Gasteiger partial charge in [0.15, 0.2) is 0 Å². The Morgan fingerprint density at radius 3 is 2.78 bits per heavy atom. The third-order valence-electron chi connectivity index (χ3n) is 1.59. The molecule has 1 heterocycles. The summed E-state index contributed by atoms with van der Waals surface area (Å²) in [5, 5.41) is 8.70. The van der Waals surface area contributed by atoms with Gasteiger partial charge in [0, 0.05) is 17.0 Å². The van der Waals surface area contributed by atoms with Crippen LogP contribution >= 0.6 is 22.6 Å². The number of alkyl halides is 1. The molecule has 0 radical (unpaired) electrons. The summed E-state index contributed by atoms with van der Waals surface area (Å²) in [6, 6.07) is 0. The average Bonchev–Trinajstić information content (AvgIpc) is 2.34. The highest BCUT2D eigenvalue weighted by molar-refractivity contribution is 14.1. The Bertz CT molecular complexity index is 77.1. The highest BCUT2D eigenvalue weighted by atomic mass is 127. The maximum Gasteiger partial charge on any atom is 0.0668 e. The normalized spacial score (nSPS) is 35.3. The fourth-order valence-electron chi connectivity index (χ4n) is 1.01. The number of ether oxygens (including phenoxy) is 1. The zero-order chi connectivity index (χ0) is 6.69. The molecule has 0 aliphatic carbocycles. The van der Waals surface area contributed by atoms with Crippen LogP contribution in [0.4, 0.5) is 0 Å². The summed E-state index contributed by atoms with van der Waals surface area (Å²) in [7, 11) is 0. The van der Waals surface area contributed by atoms with Crippen molar-refractivity contribution in [3.8, 4) is 0 Å². The Kier molecular flexibility index (Phi) is 3.21. The summed E-state index contributed by atoms with van der Waals surface area (Å²) in [5.74, 6) is 0.407. The molecule has 0 saturated carbocycles. The van der Waals surface area contributed by atoms with Crippen molar-refractivity contribution in [2.24, 2.45) is 5.92 Å². The van der Waals surface area contributed by atoms with Crippen LogP contribution in [0.5, 0.6) is 0 Å². The molecule has 1 N–H and O–H groups in total. The molecule has 0 aromatic carbocycles. The topological polar surface area (TPSA) is 29.5 Å². The lowest BCUT2D eigenvalue weighted by molar-refractivity contribution is 0.117. The van der Waals surface area contributed by atoms with Crippen molar-refractivity contribution < 1.29 is 9.84 Å². The molecular weight excluding hydrogens is 231 g/mol. The third-order valence-corrected chi connectivity index (χ3v) is 2.58. The van der Waals surface area contributed by atoms with Gasteiger partial charge >= 0.3 is 0 Å². The quantitative estimate of drug-likeness (QED) is 0.573. The molecule has 0 amide bonds. The van der Waals surface area contributed by atoms with E-state index < -0.39 is 0 Å². The van der Waals surface area contributed by atoms with Crippen LogP contribution in [0.2, 0.25) is 0 Å². The zero-order valence-electron chi connectivity index (χ0n) is 5.22. The van der Waals surface area contributed by atoms with Gasteiger partial charge in [0.1, 0.15) is 0 Å². The van der Waals surface area contributed by atoms with E-state index in [1.807, 2.05) is 0 Å². The number of aliphatic hydroxyl groups excluding tert-OH is 1. The van der Waals surface area contributed by atoms with Crippen LogP contribution in [-0.4, -0.2) is 28.9 Å². The molecule has 3 heteroatoms. The van der Waals surface area contributed by atoms with E-state index in [0.717, 1.165) is 17.5 Å². The van der Waals surface area contributed by atoms with Crippen LogP contribution < -0.4 is 0 Å². The maximum absolute atomic E-state index is 8.70. The van der Waals surface area contributed by atoms with E-state index in [9.17, 15) is 0 Å². The zero-order valence-corrected chi connectivity index (χ0v) is 7.37. The summed E-state index contributed by atoms with van der Waals surface area (Å²) in [5.41, 5.74) is 0. The molecule has 1 fully saturated rings. The van der Waals surface area contributed by atoms with Crippen molar-refractivity contribution in [3.05, 3.63) is 0 Å². The van der Waals surface area contributed by atoms with E-state index in [-0.39, 0.29) is 6.61 Å². The van der Waals surface area contributed by atoms with Crippen molar-refractivity contribution in [3.63, 3.8) is 0 Å². The second-order valence-corrected chi connectivity index (χ2v) is 3.27. The van der Waals surface area contributed by atoms with Crippen molar-refractivity contribution in [2.45, 2.75) is 12.5 Å². The summed E-state index contributed by atoms with van der Waals surface area (Å²) in [6.45, 7) is 1.04. The first-order chi connectivity index (χ1) is 4.36. The number of hydrogen-bond donors (Lipinski definition) is 1. The van der Waals surface area contributed by atoms with Gasteiger partial charge in [-0.2, -0.15) is 0 Å². The lowest BCUT2D eigenvalue weighted by Crippen LogP contribution is -2.06. The van der Waals surface area contributed by atoms with E-state index in [1.54, 1.807) is 0 Å². The molecule has 0 spiro atoms. The van der Waals surface area contributed by atoms with Gasteiger partial charge in [-0.05, 0) is 6.42 Å². The van der Waals surface area contributed by atoms with Gasteiger partial charge in [0.05, 0.1) is 12.7 Å². The monoisotopic (exact) mass is 242 g/mol. The predicted octanol–water partition coefficient (Wildman–Crippen LogP) is 0.819. The molecular formula is C6H11IO2. The number of aliphatic hydroxyl groups is 1. The number of hydrogen-bond acceptors (Lipinski definition) is 2. The van der Waals surface area contributed by atoms with E-state index in [1.165, 1.54) is 0 Å². The summed E-state index contributed by atoms with van der Waals surface area (Å²) in [4.78, 5) is 0. The van der Waals surface area contributed by atoms with Crippen molar-refractivity contribution in [2.75, 3.05) is 17.6 Å². The largest absolute Gasteiger partial charge is 0.396 e. The van der Waals surface area contributed by atoms with Crippen molar-refractivity contribution in [1.29, 1.82) is 0 Å². The van der Waals surface area contributed by atoms with Crippen LogP contribution in [-0.2, 0) is 4.74 Å². The first kappa shape index (κ1) is 7.75. The Morgan fingerprint density at radius 2 is 2.44 bits per heavy atom. The van der Waals surface area contributed by atoms with Gasteiger partial charge in [0.2, 0.25) is 0 Å². The highest BCUT2D eigenvalue weighted by Gasteiger charge is 2.23. The van der Waals surface area contributed by atoms with E-state index in [4.69, 9.17) is 9.84 Å². The van der Waals surface area contributed by atoms with Crippen LogP contribution in [0.1, 0.15) is 6.42 Å². The first-order valence-electron chi connectivity index (χ1n) is 3.15. The minimum Gasteiger partial charge on any atom is -0.396 e. The van der Waals surface area contributed by atoms with E-state index >= 15 is 0 Å². The molecule has 0 bridgehead atoms. The molecule has 54 valence electrons. The number of rotatable bonds is 2. The highest BCUT2D eigenvalue weighted by Crippen LogP contribution is 2.19. The predicted molar refractivity (Wildman–Crippen MR) is 43.8 cm³/mol. The van der Waals surface area contributed by atoms with Gasteiger partial charge in [0.25, 0.3) is 0 Å². The standard InChI is InChI=1S/C6H11IO2/c7-2-6-1-5(3-8)4-9-6/h5-6,8H,1-4H2/t5-,6-/m0/s1. The molecule has 2 nitrogen and oxygen atoms in total. The Morgan fingerprint density at radius 1 is 1.67 bits per heavy atom. The van der Waals surface area contributed by atoms with Crippen LogP contribution in [0.3, 0.4) is 0 Å². The van der Waals surface area contributed by atoms with Gasteiger partial charge < -0.3 is 9.84 Å². The fourth-order valence-corrected chi connectivity index (χ4v) is 1.63. The van der Waals surface area contributed by atoms with Crippen LogP contribution in [0, 0.1) is 5.92 Å². The van der Waals surface area contributed by atoms with Gasteiger partial charge in [-0.1, -0.05) is 22.6 Å².